The fourth-order valence-electron chi connectivity index (χ4n) is 1.21. The molecule has 2 N–H and O–H groups in total. The predicted molar refractivity (Wildman–Crippen MR) is 69.8 cm³/mol. The Hall–Kier alpha value is -0.280. The summed E-state index contributed by atoms with van der Waals surface area (Å²) in [4.78, 5) is 11.2. The van der Waals surface area contributed by atoms with E-state index < -0.39 is 5.54 Å². The van der Waals surface area contributed by atoms with Crippen molar-refractivity contribution in [2.24, 2.45) is 5.73 Å². The van der Waals surface area contributed by atoms with E-state index in [1.54, 1.807) is 0 Å². The lowest BCUT2D eigenvalue weighted by Crippen LogP contribution is -2.38. The van der Waals surface area contributed by atoms with Crippen molar-refractivity contribution in [1.29, 1.82) is 0 Å². The molecule has 0 aliphatic heterocycles. The predicted octanol–water partition coefficient (Wildman–Crippen LogP) is 3.05. The van der Waals surface area contributed by atoms with Gasteiger partial charge >= 0.3 is 5.97 Å². The van der Waals surface area contributed by atoms with Gasteiger partial charge in [0.1, 0.15) is 6.61 Å². The average molecular weight is 252 g/mol. The van der Waals surface area contributed by atoms with Crippen LogP contribution in [0, 0.1) is 0 Å². The summed E-state index contributed by atoms with van der Waals surface area (Å²) < 4.78 is 5.05. The quantitative estimate of drug-likeness (QED) is 0.533. The van der Waals surface area contributed by atoms with E-state index in [4.69, 9.17) is 10.5 Å². The van der Waals surface area contributed by atoms with E-state index >= 15 is 0 Å². The van der Waals surface area contributed by atoms with E-state index in [-0.39, 0.29) is 18.4 Å². The highest BCUT2D eigenvalue weighted by molar-refractivity contribution is 5.85. The summed E-state index contributed by atoms with van der Waals surface area (Å²) in [5.41, 5.74) is 5.28. The van der Waals surface area contributed by atoms with Gasteiger partial charge in [0, 0.05) is 12.0 Å². The standard InChI is InChI=1S/C12H25NO2.ClH/c1-4-5-6-7-8-9-11(14)15-10-12(2,3)13;/h4-10,13H2,1-3H3;1H. The Kier molecular flexibility index (Phi) is 11.2. The Morgan fingerprint density at radius 1 is 1.19 bits per heavy atom. The molecular weight excluding hydrogens is 226 g/mol. The van der Waals surface area contributed by atoms with Gasteiger partial charge in [-0.2, -0.15) is 0 Å². The molecule has 0 heterocycles. The lowest BCUT2D eigenvalue weighted by Gasteiger charge is -2.17. The Morgan fingerprint density at radius 2 is 1.75 bits per heavy atom. The number of carbonyl (C=O) groups excluding carboxylic acids is 1. The SMILES string of the molecule is CCCCCCCC(=O)OCC(C)(C)N.Cl. The van der Waals surface area contributed by atoms with Crippen LogP contribution >= 0.6 is 12.4 Å². The Morgan fingerprint density at radius 3 is 2.25 bits per heavy atom. The molecular formula is C12H26ClNO2. The molecule has 0 aliphatic rings. The normalized spacial score (nSPS) is 10.8. The molecule has 3 nitrogen and oxygen atoms in total. The minimum absolute atomic E-state index is 0. The molecule has 98 valence electrons. The van der Waals surface area contributed by atoms with Gasteiger partial charge in [0.15, 0.2) is 0 Å². The van der Waals surface area contributed by atoms with E-state index in [1.807, 2.05) is 13.8 Å². The van der Waals surface area contributed by atoms with Crippen LogP contribution in [-0.4, -0.2) is 18.1 Å². The maximum Gasteiger partial charge on any atom is 0.305 e. The zero-order chi connectivity index (χ0) is 11.7. The number of unbranched alkanes of at least 4 members (excludes halogenated alkanes) is 4. The van der Waals surface area contributed by atoms with Crippen LogP contribution in [0.3, 0.4) is 0 Å². The van der Waals surface area contributed by atoms with Crippen LogP contribution in [0.1, 0.15) is 59.3 Å². The summed E-state index contributed by atoms with van der Waals surface area (Å²) in [6, 6.07) is 0. The number of hydrogen-bond donors (Lipinski definition) is 1. The molecule has 0 saturated carbocycles. The molecule has 0 amide bonds. The van der Waals surface area contributed by atoms with Crippen LogP contribution in [0.15, 0.2) is 0 Å². The summed E-state index contributed by atoms with van der Waals surface area (Å²) in [6.45, 7) is 6.18. The second-order valence-electron chi connectivity index (χ2n) is 4.81. The van der Waals surface area contributed by atoms with Gasteiger partial charge in [0.05, 0.1) is 0 Å². The zero-order valence-electron chi connectivity index (χ0n) is 10.8. The largest absolute Gasteiger partial charge is 0.464 e. The fourth-order valence-corrected chi connectivity index (χ4v) is 1.21. The van der Waals surface area contributed by atoms with Crippen molar-refractivity contribution in [3.63, 3.8) is 0 Å². The smallest absolute Gasteiger partial charge is 0.305 e. The van der Waals surface area contributed by atoms with Crippen LogP contribution in [0.4, 0.5) is 0 Å². The number of carbonyl (C=O) groups is 1. The first-order valence-corrected chi connectivity index (χ1v) is 5.90. The molecule has 0 saturated heterocycles. The van der Waals surface area contributed by atoms with E-state index in [1.165, 1.54) is 19.3 Å². The maximum absolute atomic E-state index is 11.2. The van der Waals surface area contributed by atoms with Crippen LogP contribution in [-0.2, 0) is 9.53 Å². The molecule has 0 unspecified atom stereocenters. The summed E-state index contributed by atoms with van der Waals surface area (Å²) in [5, 5.41) is 0. The second kappa shape index (κ2) is 9.91. The Labute approximate surface area is 106 Å². The minimum Gasteiger partial charge on any atom is -0.464 e. The number of ether oxygens (including phenoxy) is 1. The van der Waals surface area contributed by atoms with E-state index in [2.05, 4.69) is 6.92 Å². The van der Waals surface area contributed by atoms with Crippen LogP contribution in [0.25, 0.3) is 0 Å². The average Bonchev–Trinajstić information content (AvgIpc) is 2.13. The van der Waals surface area contributed by atoms with Crippen molar-refractivity contribution in [2.75, 3.05) is 6.61 Å². The molecule has 16 heavy (non-hydrogen) atoms. The Balaban J connectivity index is 0. The molecule has 0 atom stereocenters. The van der Waals surface area contributed by atoms with Gasteiger partial charge in [-0.25, -0.2) is 0 Å². The van der Waals surface area contributed by atoms with Crippen LogP contribution in [0.5, 0.6) is 0 Å². The Bertz CT molecular complexity index is 178. The number of halogens is 1. The lowest BCUT2D eigenvalue weighted by molar-refractivity contribution is -0.145. The maximum atomic E-state index is 11.2. The van der Waals surface area contributed by atoms with Gasteiger partial charge in [-0.15, -0.1) is 12.4 Å². The van der Waals surface area contributed by atoms with Gasteiger partial charge in [-0.3, -0.25) is 4.79 Å². The molecule has 0 aromatic carbocycles. The van der Waals surface area contributed by atoms with Crippen molar-refractivity contribution in [3.8, 4) is 0 Å². The minimum atomic E-state index is -0.419. The number of rotatable bonds is 8. The molecule has 4 heteroatoms. The first kappa shape index (κ1) is 18.1. The summed E-state index contributed by atoms with van der Waals surface area (Å²) in [5.74, 6) is -0.120. The topological polar surface area (TPSA) is 52.3 Å². The van der Waals surface area contributed by atoms with Crippen molar-refractivity contribution >= 4 is 18.4 Å². The number of nitrogens with two attached hydrogens (primary N) is 1. The third-order valence-corrected chi connectivity index (χ3v) is 2.09. The summed E-state index contributed by atoms with van der Waals surface area (Å²) in [7, 11) is 0. The van der Waals surface area contributed by atoms with Crippen LogP contribution < -0.4 is 5.73 Å². The zero-order valence-corrected chi connectivity index (χ0v) is 11.6. The molecule has 0 radical (unpaired) electrons. The molecule has 0 rings (SSSR count). The van der Waals surface area contributed by atoms with Crippen LogP contribution in [0.2, 0.25) is 0 Å². The third kappa shape index (κ3) is 13.7. The van der Waals surface area contributed by atoms with Gasteiger partial charge in [-0.1, -0.05) is 32.6 Å². The van der Waals surface area contributed by atoms with Gasteiger partial charge in [-0.05, 0) is 20.3 Å². The lowest BCUT2D eigenvalue weighted by atomic mass is 10.1. The van der Waals surface area contributed by atoms with Crippen molar-refractivity contribution in [3.05, 3.63) is 0 Å². The highest BCUT2D eigenvalue weighted by Crippen LogP contribution is 2.06. The highest BCUT2D eigenvalue weighted by atomic mass is 35.5. The van der Waals surface area contributed by atoms with Crippen molar-refractivity contribution in [1.82, 2.24) is 0 Å². The molecule has 0 aromatic heterocycles. The first-order chi connectivity index (χ1) is 6.95. The fraction of sp³-hybridized carbons (Fsp3) is 0.917. The van der Waals surface area contributed by atoms with Gasteiger partial charge in [0.25, 0.3) is 0 Å². The monoisotopic (exact) mass is 251 g/mol. The first-order valence-electron chi connectivity index (χ1n) is 5.90. The molecule has 0 aliphatic carbocycles. The van der Waals surface area contributed by atoms with Crippen molar-refractivity contribution in [2.45, 2.75) is 64.8 Å². The molecule has 0 spiro atoms. The molecule has 0 aromatic rings. The number of esters is 1. The molecule has 0 bridgehead atoms. The highest BCUT2D eigenvalue weighted by Gasteiger charge is 2.13. The molecule has 0 fully saturated rings. The second-order valence-corrected chi connectivity index (χ2v) is 4.81. The van der Waals surface area contributed by atoms with Gasteiger partial charge < -0.3 is 10.5 Å². The van der Waals surface area contributed by atoms with E-state index in [9.17, 15) is 4.79 Å². The van der Waals surface area contributed by atoms with Crippen molar-refractivity contribution < 1.29 is 9.53 Å². The van der Waals surface area contributed by atoms with E-state index in [0.29, 0.717) is 13.0 Å². The summed E-state index contributed by atoms with van der Waals surface area (Å²) in [6.07, 6.45) is 6.28. The van der Waals surface area contributed by atoms with Gasteiger partial charge in [0.2, 0.25) is 0 Å². The summed E-state index contributed by atoms with van der Waals surface area (Å²) >= 11 is 0. The van der Waals surface area contributed by atoms with E-state index in [0.717, 1.165) is 12.8 Å². The number of hydrogen-bond acceptors (Lipinski definition) is 3. The third-order valence-electron chi connectivity index (χ3n) is 2.09.